The van der Waals surface area contributed by atoms with Gasteiger partial charge in [-0.25, -0.2) is 9.97 Å². The van der Waals surface area contributed by atoms with E-state index >= 15 is 0 Å². The van der Waals surface area contributed by atoms with E-state index in [1.807, 2.05) is 11.8 Å². The van der Waals surface area contributed by atoms with Crippen molar-refractivity contribution in [2.24, 2.45) is 0 Å². The smallest absolute Gasteiger partial charge is 0.225 e. The lowest BCUT2D eigenvalue weighted by Gasteiger charge is -2.06. The molecule has 0 atom stereocenters. The quantitative estimate of drug-likeness (QED) is 0.598. The van der Waals surface area contributed by atoms with Gasteiger partial charge in [0.25, 0.3) is 0 Å². The molecule has 2 rings (SSSR count). The summed E-state index contributed by atoms with van der Waals surface area (Å²) in [6.45, 7) is 3.01. The van der Waals surface area contributed by atoms with Gasteiger partial charge in [-0.2, -0.15) is 11.8 Å². The van der Waals surface area contributed by atoms with E-state index in [-0.39, 0.29) is 0 Å². The fraction of sp³-hybridized carbons (Fsp3) is 0.538. The van der Waals surface area contributed by atoms with Crippen LogP contribution in [0.1, 0.15) is 24.1 Å². The molecule has 0 saturated carbocycles. The Morgan fingerprint density at radius 2 is 2.16 bits per heavy atom. The van der Waals surface area contributed by atoms with Gasteiger partial charge in [0.05, 0.1) is 5.39 Å². The Balaban J connectivity index is 1.96. The molecule has 3 nitrogen and oxygen atoms in total. The molecule has 0 amide bonds. The summed E-state index contributed by atoms with van der Waals surface area (Å²) in [6, 6.07) is 2.12. The molecule has 0 aliphatic heterocycles. The van der Waals surface area contributed by atoms with Crippen molar-refractivity contribution in [2.75, 3.05) is 23.9 Å². The SMILES string of the molecule is CSCCCCCNc1nc(Cl)nc2sc(C)cc12. The molecule has 0 aromatic carbocycles. The van der Waals surface area contributed by atoms with Gasteiger partial charge in [-0.1, -0.05) is 6.42 Å². The standard InChI is InChI=1S/C13H18ClN3S2/c1-9-8-10-11(15-6-4-3-5-7-18-2)16-13(14)17-12(10)19-9/h8H,3-7H2,1-2H3,(H,15,16,17). The molecule has 0 spiro atoms. The highest BCUT2D eigenvalue weighted by molar-refractivity contribution is 7.98. The number of nitrogens with zero attached hydrogens (tertiary/aromatic N) is 2. The summed E-state index contributed by atoms with van der Waals surface area (Å²) in [5.41, 5.74) is 0. The number of hydrogen-bond acceptors (Lipinski definition) is 5. The lowest BCUT2D eigenvalue weighted by atomic mass is 10.2. The minimum absolute atomic E-state index is 0.319. The number of aromatic nitrogens is 2. The number of nitrogens with one attached hydrogen (secondary N) is 1. The Morgan fingerprint density at radius 3 is 2.95 bits per heavy atom. The van der Waals surface area contributed by atoms with Crippen LogP contribution in [0.25, 0.3) is 10.2 Å². The van der Waals surface area contributed by atoms with Crippen LogP contribution < -0.4 is 5.32 Å². The number of hydrogen-bond donors (Lipinski definition) is 1. The van der Waals surface area contributed by atoms with Crippen molar-refractivity contribution in [2.45, 2.75) is 26.2 Å². The minimum Gasteiger partial charge on any atom is -0.369 e. The molecule has 0 aliphatic carbocycles. The molecule has 2 aromatic heterocycles. The number of anilines is 1. The van der Waals surface area contributed by atoms with Crippen molar-refractivity contribution in [1.29, 1.82) is 0 Å². The molecule has 2 heterocycles. The van der Waals surface area contributed by atoms with Crippen molar-refractivity contribution in [3.05, 3.63) is 16.2 Å². The van der Waals surface area contributed by atoms with Gasteiger partial charge in [-0.15, -0.1) is 11.3 Å². The summed E-state index contributed by atoms with van der Waals surface area (Å²) in [4.78, 5) is 10.7. The van der Waals surface area contributed by atoms with E-state index < -0.39 is 0 Å². The number of fused-ring (bicyclic) bond motifs is 1. The van der Waals surface area contributed by atoms with Gasteiger partial charge < -0.3 is 5.32 Å². The first-order chi connectivity index (χ1) is 9.20. The molecule has 0 fully saturated rings. The Labute approximate surface area is 127 Å². The van der Waals surface area contributed by atoms with Crippen LogP contribution in [0.5, 0.6) is 0 Å². The maximum absolute atomic E-state index is 5.96. The van der Waals surface area contributed by atoms with Crippen LogP contribution in [0.3, 0.4) is 0 Å². The van der Waals surface area contributed by atoms with Gasteiger partial charge in [0.2, 0.25) is 5.28 Å². The zero-order valence-corrected chi connectivity index (χ0v) is 13.6. The molecule has 19 heavy (non-hydrogen) atoms. The molecule has 0 radical (unpaired) electrons. The van der Waals surface area contributed by atoms with Crippen LogP contribution in [0.15, 0.2) is 6.07 Å². The van der Waals surface area contributed by atoms with Crippen LogP contribution >= 0.6 is 34.7 Å². The third kappa shape index (κ3) is 4.23. The average molecular weight is 316 g/mol. The second-order valence-electron chi connectivity index (χ2n) is 4.40. The van der Waals surface area contributed by atoms with Crippen LogP contribution in [0.2, 0.25) is 5.28 Å². The molecule has 1 N–H and O–H groups in total. The van der Waals surface area contributed by atoms with E-state index in [1.54, 1.807) is 11.3 Å². The van der Waals surface area contributed by atoms with Crippen molar-refractivity contribution < 1.29 is 0 Å². The molecule has 0 aliphatic rings. The van der Waals surface area contributed by atoms with Crippen molar-refractivity contribution >= 4 is 50.7 Å². The average Bonchev–Trinajstić information content (AvgIpc) is 2.73. The molecule has 0 bridgehead atoms. The minimum atomic E-state index is 0.319. The van der Waals surface area contributed by atoms with E-state index in [9.17, 15) is 0 Å². The summed E-state index contributed by atoms with van der Waals surface area (Å²) in [5.74, 6) is 2.11. The largest absolute Gasteiger partial charge is 0.369 e. The number of thiophene rings is 1. The predicted octanol–water partition coefficient (Wildman–Crippen LogP) is 4.60. The number of halogens is 1. The monoisotopic (exact) mass is 315 g/mol. The van der Waals surface area contributed by atoms with E-state index in [1.165, 1.54) is 23.5 Å². The van der Waals surface area contributed by atoms with Crippen LogP contribution in [0.4, 0.5) is 5.82 Å². The van der Waals surface area contributed by atoms with Gasteiger partial charge in [0.1, 0.15) is 10.6 Å². The lowest BCUT2D eigenvalue weighted by molar-refractivity contribution is 0.748. The van der Waals surface area contributed by atoms with Crippen molar-refractivity contribution in [1.82, 2.24) is 9.97 Å². The maximum Gasteiger partial charge on any atom is 0.225 e. The van der Waals surface area contributed by atoms with Gasteiger partial charge in [-0.05, 0) is 49.4 Å². The first kappa shape index (κ1) is 14.9. The van der Waals surface area contributed by atoms with E-state index in [2.05, 4.69) is 34.5 Å². The van der Waals surface area contributed by atoms with Crippen molar-refractivity contribution in [3.8, 4) is 0 Å². The number of aryl methyl sites for hydroxylation is 1. The van der Waals surface area contributed by atoms with Gasteiger partial charge in [0, 0.05) is 11.4 Å². The van der Waals surface area contributed by atoms with Crippen molar-refractivity contribution in [3.63, 3.8) is 0 Å². The summed E-state index contributed by atoms with van der Waals surface area (Å²) >= 11 is 9.51. The molecular formula is C13H18ClN3S2. The third-order valence-corrected chi connectivity index (χ3v) is 4.62. The third-order valence-electron chi connectivity index (χ3n) is 2.81. The normalized spacial score (nSPS) is 11.1. The molecule has 0 unspecified atom stereocenters. The van der Waals surface area contributed by atoms with Crippen LogP contribution in [0, 0.1) is 6.92 Å². The molecule has 2 aromatic rings. The fourth-order valence-electron chi connectivity index (χ4n) is 1.91. The van der Waals surface area contributed by atoms with E-state index in [0.717, 1.165) is 29.0 Å². The van der Waals surface area contributed by atoms with E-state index in [0.29, 0.717) is 5.28 Å². The Hall–Kier alpha value is -0.520. The predicted molar refractivity (Wildman–Crippen MR) is 87.9 cm³/mol. The highest BCUT2D eigenvalue weighted by atomic mass is 35.5. The Bertz CT molecular complexity index is 542. The first-order valence-electron chi connectivity index (χ1n) is 6.37. The highest BCUT2D eigenvalue weighted by Gasteiger charge is 2.08. The summed E-state index contributed by atoms with van der Waals surface area (Å²) in [7, 11) is 0. The fourth-order valence-corrected chi connectivity index (χ4v) is 3.50. The number of rotatable bonds is 7. The van der Waals surface area contributed by atoms with Gasteiger partial charge in [-0.3, -0.25) is 0 Å². The molecular weight excluding hydrogens is 298 g/mol. The number of thioether (sulfide) groups is 1. The van der Waals surface area contributed by atoms with Gasteiger partial charge >= 0.3 is 0 Å². The topological polar surface area (TPSA) is 37.8 Å². The highest BCUT2D eigenvalue weighted by Crippen LogP contribution is 2.29. The Kier molecular flexibility index (Phi) is 5.73. The molecule has 104 valence electrons. The molecule has 0 saturated heterocycles. The van der Waals surface area contributed by atoms with Crippen LogP contribution in [-0.4, -0.2) is 28.5 Å². The Morgan fingerprint density at radius 1 is 1.32 bits per heavy atom. The zero-order chi connectivity index (χ0) is 13.7. The molecule has 6 heteroatoms. The summed E-state index contributed by atoms with van der Waals surface area (Å²) in [6.07, 6.45) is 5.84. The summed E-state index contributed by atoms with van der Waals surface area (Å²) in [5, 5.41) is 4.78. The maximum atomic E-state index is 5.96. The van der Waals surface area contributed by atoms with Crippen LogP contribution in [-0.2, 0) is 0 Å². The van der Waals surface area contributed by atoms with E-state index in [4.69, 9.17) is 11.6 Å². The first-order valence-corrected chi connectivity index (χ1v) is 8.96. The second kappa shape index (κ2) is 7.31. The summed E-state index contributed by atoms with van der Waals surface area (Å²) < 4.78 is 0. The second-order valence-corrected chi connectivity index (χ2v) is 6.96. The zero-order valence-electron chi connectivity index (χ0n) is 11.2. The lowest BCUT2D eigenvalue weighted by Crippen LogP contribution is -2.04. The van der Waals surface area contributed by atoms with Gasteiger partial charge in [0.15, 0.2) is 0 Å². The number of unbranched alkanes of at least 4 members (excludes halogenated alkanes) is 2.